The SMILES string of the molecule is NC(=O)c1ccc(Oc2cccc(C(=O)N3CCN(c4ccc(F)c(F)c4)CC3)c2)cc1. The highest BCUT2D eigenvalue weighted by Gasteiger charge is 2.23. The molecule has 32 heavy (non-hydrogen) atoms. The van der Waals surface area contributed by atoms with E-state index in [2.05, 4.69) is 0 Å². The zero-order chi connectivity index (χ0) is 22.7. The summed E-state index contributed by atoms with van der Waals surface area (Å²) in [5, 5.41) is 0. The van der Waals surface area contributed by atoms with Crippen molar-refractivity contribution in [1.29, 1.82) is 0 Å². The number of hydrogen-bond donors (Lipinski definition) is 1. The van der Waals surface area contributed by atoms with Gasteiger partial charge in [-0.15, -0.1) is 0 Å². The molecule has 1 aliphatic rings. The van der Waals surface area contributed by atoms with Crippen LogP contribution in [0.2, 0.25) is 0 Å². The van der Waals surface area contributed by atoms with Crippen LogP contribution in [0.5, 0.6) is 11.5 Å². The molecule has 0 saturated carbocycles. The van der Waals surface area contributed by atoms with Gasteiger partial charge >= 0.3 is 0 Å². The van der Waals surface area contributed by atoms with Gasteiger partial charge in [0.2, 0.25) is 5.91 Å². The molecule has 0 aromatic heterocycles. The van der Waals surface area contributed by atoms with Crippen molar-refractivity contribution in [3.8, 4) is 11.5 Å². The fraction of sp³-hybridized carbons (Fsp3) is 0.167. The molecule has 0 spiro atoms. The lowest BCUT2D eigenvalue weighted by Crippen LogP contribution is -2.48. The van der Waals surface area contributed by atoms with Crippen LogP contribution < -0.4 is 15.4 Å². The molecular formula is C24H21F2N3O3. The molecule has 0 bridgehead atoms. The van der Waals surface area contributed by atoms with Gasteiger partial charge in [-0.1, -0.05) is 6.07 Å². The second kappa shape index (κ2) is 9.05. The molecule has 2 amide bonds. The predicted octanol–water partition coefficient (Wildman–Crippen LogP) is 3.82. The summed E-state index contributed by atoms with van der Waals surface area (Å²) in [4.78, 5) is 27.8. The molecule has 0 aliphatic carbocycles. The number of carbonyl (C=O) groups excluding carboxylic acids is 2. The Hall–Kier alpha value is -3.94. The van der Waals surface area contributed by atoms with Gasteiger partial charge in [-0.05, 0) is 54.6 Å². The highest BCUT2D eigenvalue weighted by atomic mass is 19.2. The molecule has 0 unspecified atom stereocenters. The van der Waals surface area contributed by atoms with E-state index in [1.165, 1.54) is 12.1 Å². The number of anilines is 1. The van der Waals surface area contributed by atoms with E-state index in [-0.39, 0.29) is 5.91 Å². The molecule has 0 atom stereocenters. The Balaban J connectivity index is 1.39. The molecule has 3 aromatic carbocycles. The summed E-state index contributed by atoms with van der Waals surface area (Å²) in [5.74, 6) is -1.42. The van der Waals surface area contributed by atoms with Crippen LogP contribution in [0.15, 0.2) is 66.7 Å². The largest absolute Gasteiger partial charge is 0.457 e. The minimum Gasteiger partial charge on any atom is -0.457 e. The highest BCUT2D eigenvalue weighted by molar-refractivity contribution is 5.95. The van der Waals surface area contributed by atoms with E-state index in [9.17, 15) is 18.4 Å². The number of nitrogens with two attached hydrogens (primary N) is 1. The van der Waals surface area contributed by atoms with E-state index < -0.39 is 17.5 Å². The molecular weight excluding hydrogens is 416 g/mol. The zero-order valence-corrected chi connectivity index (χ0v) is 17.1. The third kappa shape index (κ3) is 4.69. The number of benzene rings is 3. The fourth-order valence-electron chi connectivity index (χ4n) is 3.55. The summed E-state index contributed by atoms with van der Waals surface area (Å²) < 4.78 is 32.5. The standard InChI is InChI=1S/C24H21F2N3O3/c25-21-9-6-18(15-22(21)26)28-10-12-29(13-11-28)24(31)17-2-1-3-20(14-17)32-19-7-4-16(5-8-19)23(27)30/h1-9,14-15H,10-13H2,(H2,27,30). The first kappa shape index (κ1) is 21.3. The van der Waals surface area contributed by atoms with Crippen LogP contribution >= 0.6 is 0 Å². The molecule has 4 rings (SSSR count). The lowest BCUT2D eigenvalue weighted by Gasteiger charge is -2.36. The van der Waals surface area contributed by atoms with Crippen LogP contribution in [-0.4, -0.2) is 42.9 Å². The van der Waals surface area contributed by atoms with Gasteiger partial charge in [0.25, 0.3) is 5.91 Å². The van der Waals surface area contributed by atoms with E-state index in [0.29, 0.717) is 54.5 Å². The number of piperazine rings is 1. The first-order chi connectivity index (χ1) is 15.4. The third-order valence-electron chi connectivity index (χ3n) is 5.29. The monoisotopic (exact) mass is 437 g/mol. The summed E-state index contributed by atoms with van der Waals surface area (Å²) >= 11 is 0. The summed E-state index contributed by atoms with van der Waals surface area (Å²) in [7, 11) is 0. The van der Waals surface area contributed by atoms with Gasteiger partial charge in [-0.2, -0.15) is 0 Å². The zero-order valence-electron chi connectivity index (χ0n) is 17.1. The normalized spacial score (nSPS) is 13.7. The summed E-state index contributed by atoms with van der Waals surface area (Å²) in [6.45, 7) is 1.94. The number of primary amides is 1. The number of carbonyl (C=O) groups is 2. The van der Waals surface area contributed by atoms with E-state index in [4.69, 9.17) is 10.5 Å². The highest BCUT2D eigenvalue weighted by Crippen LogP contribution is 2.24. The van der Waals surface area contributed by atoms with E-state index >= 15 is 0 Å². The summed E-state index contributed by atoms with van der Waals surface area (Å²) in [5.41, 5.74) is 6.69. The Kier molecular flexibility index (Phi) is 6.02. The van der Waals surface area contributed by atoms with Crippen LogP contribution in [0.25, 0.3) is 0 Å². The number of nitrogens with zero attached hydrogens (tertiary/aromatic N) is 2. The molecule has 1 fully saturated rings. The Bertz CT molecular complexity index is 1140. The van der Waals surface area contributed by atoms with Gasteiger partial charge in [0.05, 0.1) is 0 Å². The number of amides is 2. The third-order valence-corrected chi connectivity index (χ3v) is 5.29. The van der Waals surface area contributed by atoms with Crippen LogP contribution in [0.3, 0.4) is 0 Å². The van der Waals surface area contributed by atoms with Crippen LogP contribution in [0.4, 0.5) is 14.5 Å². The van der Waals surface area contributed by atoms with Crippen molar-refractivity contribution in [3.63, 3.8) is 0 Å². The molecule has 2 N–H and O–H groups in total. The van der Waals surface area contributed by atoms with Crippen LogP contribution in [0, 0.1) is 11.6 Å². The van der Waals surface area contributed by atoms with Crippen molar-refractivity contribution in [1.82, 2.24) is 4.90 Å². The summed E-state index contributed by atoms with van der Waals surface area (Å²) in [6, 6.07) is 17.1. The first-order valence-corrected chi connectivity index (χ1v) is 10.1. The molecule has 3 aromatic rings. The van der Waals surface area contributed by atoms with Crippen molar-refractivity contribution >= 4 is 17.5 Å². The smallest absolute Gasteiger partial charge is 0.254 e. The Morgan fingerprint density at radius 1 is 0.781 bits per heavy atom. The predicted molar refractivity (Wildman–Crippen MR) is 116 cm³/mol. The van der Waals surface area contributed by atoms with E-state index in [1.54, 1.807) is 53.4 Å². The molecule has 164 valence electrons. The second-order valence-electron chi connectivity index (χ2n) is 7.40. The number of halogens is 2. The van der Waals surface area contributed by atoms with Crippen molar-refractivity contribution in [3.05, 3.63) is 89.5 Å². The average Bonchev–Trinajstić information content (AvgIpc) is 2.81. The average molecular weight is 437 g/mol. The fourth-order valence-corrected chi connectivity index (χ4v) is 3.55. The van der Waals surface area contributed by atoms with E-state index in [1.807, 2.05) is 4.90 Å². The first-order valence-electron chi connectivity index (χ1n) is 10.1. The maximum Gasteiger partial charge on any atom is 0.254 e. The van der Waals surface area contributed by atoms with Gasteiger partial charge in [-0.25, -0.2) is 8.78 Å². The molecule has 8 heteroatoms. The lowest BCUT2D eigenvalue weighted by molar-refractivity contribution is 0.0746. The Morgan fingerprint density at radius 2 is 1.50 bits per heavy atom. The van der Waals surface area contributed by atoms with Crippen molar-refractivity contribution in [2.24, 2.45) is 5.73 Å². The molecule has 6 nitrogen and oxygen atoms in total. The van der Waals surface area contributed by atoms with Crippen molar-refractivity contribution < 1.29 is 23.1 Å². The second-order valence-corrected chi connectivity index (χ2v) is 7.40. The van der Waals surface area contributed by atoms with Gasteiger partial charge < -0.3 is 20.3 Å². The topological polar surface area (TPSA) is 75.9 Å². The quantitative estimate of drug-likeness (QED) is 0.659. The summed E-state index contributed by atoms with van der Waals surface area (Å²) in [6.07, 6.45) is 0. The van der Waals surface area contributed by atoms with Crippen LogP contribution in [0.1, 0.15) is 20.7 Å². The molecule has 1 saturated heterocycles. The van der Waals surface area contributed by atoms with E-state index in [0.717, 1.165) is 6.07 Å². The molecule has 1 aliphatic heterocycles. The lowest BCUT2D eigenvalue weighted by atomic mass is 10.1. The number of hydrogen-bond acceptors (Lipinski definition) is 4. The maximum atomic E-state index is 13.5. The van der Waals surface area contributed by atoms with Gasteiger partial charge in [0, 0.05) is 49.1 Å². The Labute approximate surface area is 183 Å². The van der Waals surface area contributed by atoms with Gasteiger partial charge in [0.15, 0.2) is 11.6 Å². The van der Waals surface area contributed by atoms with Crippen molar-refractivity contribution in [2.45, 2.75) is 0 Å². The van der Waals surface area contributed by atoms with Crippen molar-refractivity contribution in [2.75, 3.05) is 31.1 Å². The van der Waals surface area contributed by atoms with Gasteiger partial charge in [-0.3, -0.25) is 9.59 Å². The van der Waals surface area contributed by atoms with Gasteiger partial charge in [0.1, 0.15) is 11.5 Å². The minimum atomic E-state index is -0.887. The minimum absolute atomic E-state index is 0.135. The molecule has 0 radical (unpaired) electrons. The van der Waals surface area contributed by atoms with Crippen LogP contribution in [-0.2, 0) is 0 Å². The molecule has 1 heterocycles. The number of rotatable bonds is 5. The Morgan fingerprint density at radius 3 is 2.16 bits per heavy atom. The number of ether oxygens (including phenoxy) is 1. The maximum absolute atomic E-state index is 13.5.